The number of hydrogen-bond donors (Lipinski definition) is 1. The summed E-state index contributed by atoms with van der Waals surface area (Å²) in [5, 5.41) is 3.48. The summed E-state index contributed by atoms with van der Waals surface area (Å²) in [4.78, 5) is 13.7. The fourth-order valence-electron chi connectivity index (χ4n) is 2.52. The number of nitrogens with one attached hydrogen (secondary N) is 1. The lowest BCUT2D eigenvalue weighted by atomic mass is 10.1. The van der Waals surface area contributed by atoms with Gasteiger partial charge in [0.15, 0.2) is 0 Å². The maximum atomic E-state index is 11.8. The van der Waals surface area contributed by atoms with Gasteiger partial charge in [-0.3, -0.25) is 4.79 Å². The van der Waals surface area contributed by atoms with Gasteiger partial charge in [0.1, 0.15) is 18.4 Å². The van der Waals surface area contributed by atoms with Gasteiger partial charge in [-0.1, -0.05) is 18.2 Å². The summed E-state index contributed by atoms with van der Waals surface area (Å²) >= 11 is 0. The molecule has 0 aliphatic heterocycles. The van der Waals surface area contributed by atoms with Crippen LogP contribution >= 0.6 is 0 Å². The molecule has 0 saturated carbocycles. The Balaban J connectivity index is 2.16. The minimum atomic E-state index is -0.321. The highest BCUT2D eigenvalue weighted by Gasteiger charge is 2.17. The first kappa shape index (κ1) is 18.4. The van der Waals surface area contributed by atoms with Gasteiger partial charge in [0.2, 0.25) is 0 Å². The SMILES string of the molecule is COC(=O)CN(CC(C)Oc1ccccc1)c1ccc(N=N)c(C)c1. The summed E-state index contributed by atoms with van der Waals surface area (Å²) in [6, 6.07) is 15.1. The Kier molecular flexibility index (Phi) is 6.51. The molecule has 0 heterocycles. The molecule has 0 saturated heterocycles. The molecule has 132 valence electrons. The lowest BCUT2D eigenvalue weighted by molar-refractivity contribution is -0.139. The van der Waals surface area contributed by atoms with Crippen molar-refractivity contribution in [1.82, 2.24) is 0 Å². The van der Waals surface area contributed by atoms with Crippen LogP contribution in [0.3, 0.4) is 0 Å². The standard InChI is InChI=1S/C19H23N3O3/c1-14-11-16(9-10-18(14)21-20)22(13-19(23)24-3)12-15(2)25-17-7-5-4-6-8-17/h4-11,15,20H,12-13H2,1-3H3. The Morgan fingerprint density at radius 2 is 1.96 bits per heavy atom. The fourth-order valence-corrected chi connectivity index (χ4v) is 2.52. The minimum Gasteiger partial charge on any atom is -0.489 e. The van der Waals surface area contributed by atoms with Crippen molar-refractivity contribution in [3.05, 3.63) is 54.1 Å². The first-order chi connectivity index (χ1) is 12.0. The molecule has 0 spiro atoms. The third kappa shape index (κ3) is 5.31. The molecule has 0 radical (unpaired) electrons. The molecule has 6 nitrogen and oxygen atoms in total. The fraction of sp³-hybridized carbons (Fsp3) is 0.316. The predicted octanol–water partition coefficient (Wildman–Crippen LogP) is 4.10. The van der Waals surface area contributed by atoms with Crippen LogP contribution in [-0.4, -0.2) is 32.3 Å². The number of esters is 1. The third-order valence-corrected chi connectivity index (χ3v) is 3.77. The number of hydrogen-bond acceptors (Lipinski definition) is 6. The van der Waals surface area contributed by atoms with Crippen LogP contribution in [0.1, 0.15) is 12.5 Å². The summed E-state index contributed by atoms with van der Waals surface area (Å²) in [5.74, 6) is 0.464. The van der Waals surface area contributed by atoms with Gasteiger partial charge in [0.05, 0.1) is 19.3 Å². The van der Waals surface area contributed by atoms with Crippen molar-refractivity contribution in [1.29, 1.82) is 5.53 Å². The van der Waals surface area contributed by atoms with Gasteiger partial charge < -0.3 is 14.4 Å². The smallest absolute Gasteiger partial charge is 0.325 e. The van der Waals surface area contributed by atoms with Crippen molar-refractivity contribution in [2.45, 2.75) is 20.0 Å². The highest BCUT2D eigenvalue weighted by atomic mass is 16.5. The molecular formula is C19H23N3O3. The van der Waals surface area contributed by atoms with Crippen LogP contribution in [0.4, 0.5) is 11.4 Å². The molecule has 2 aromatic rings. The van der Waals surface area contributed by atoms with Crippen molar-refractivity contribution in [3.8, 4) is 5.75 Å². The van der Waals surface area contributed by atoms with Crippen LogP contribution in [0.5, 0.6) is 5.75 Å². The molecular weight excluding hydrogens is 318 g/mol. The number of benzene rings is 2. The molecule has 1 N–H and O–H groups in total. The Morgan fingerprint density at radius 1 is 1.24 bits per heavy atom. The molecule has 0 amide bonds. The van der Waals surface area contributed by atoms with E-state index in [1.807, 2.05) is 61.2 Å². The Hall–Kier alpha value is -2.89. The zero-order valence-corrected chi connectivity index (χ0v) is 14.7. The van der Waals surface area contributed by atoms with Gasteiger partial charge in [0, 0.05) is 5.69 Å². The number of rotatable bonds is 8. The van der Waals surface area contributed by atoms with Crippen LogP contribution in [0.25, 0.3) is 0 Å². The average molecular weight is 341 g/mol. The number of aryl methyl sites for hydroxylation is 1. The Labute approximate surface area is 147 Å². The summed E-state index contributed by atoms with van der Waals surface area (Å²) in [5.41, 5.74) is 9.50. The largest absolute Gasteiger partial charge is 0.489 e. The minimum absolute atomic E-state index is 0.121. The molecule has 0 bridgehead atoms. The molecule has 0 aliphatic carbocycles. The van der Waals surface area contributed by atoms with Crippen molar-refractivity contribution < 1.29 is 14.3 Å². The summed E-state index contributed by atoms with van der Waals surface area (Å²) in [7, 11) is 1.37. The number of ether oxygens (including phenoxy) is 2. The van der Waals surface area contributed by atoms with Crippen LogP contribution in [0.15, 0.2) is 53.6 Å². The summed E-state index contributed by atoms with van der Waals surface area (Å²) < 4.78 is 10.7. The van der Waals surface area contributed by atoms with E-state index in [2.05, 4.69) is 5.11 Å². The second-order valence-corrected chi connectivity index (χ2v) is 5.78. The van der Waals surface area contributed by atoms with Crippen molar-refractivity contribution in [3.63, 3.8) is 0 Å². The van der Waals surface area contributed by atoms with Gasteiger partial charge in [-0.2, -0.15) is 5.11 Å². The van der Waals surface area contributed by atoms with E-state index < -0.39 is 0 Å². The lowest BCUT2D eigenvalue weighted by Gasteiger charge is -2.27. The van der Waals surface area contributed by atoms with Crippen LogP contribution in [-0.2, 0) is 9.53 Å². The zero-order valence-electron chi connectivity index (χ0n) is 14.7. The highest BCUT2D eigenvalue weighted by molar-refractivity contribution is 5.76. The Bertz CT molecular complexity index is 719. The van der Waals surface area contributed by atoms with Crippen LogP contribution < -0.4 is 9.64 Å². The van der Waals surface area contributed by atoms with E-state index in [0.717, 1.165) is 17.0 Å². The molecule has 1 atom stereocenters. The van der Waals surface area contributed by atoms with E-state index in [-0.39, 0.29) is 18.6 Å². The second kappa shape index (κ2) is 8.82. The number of methoxy groups -OCH3 is 1. The molecule has 6 heteroatoms. The Morgan fingerprint density at radius 3 is 2.56 bits per heavy atom. The first-order valence-electron chi connectivity index (χ1n) is 8.05. The summed E-state index contributed by atoms with van der Waals surface area (Å²) in [6.07, 6.45) is -0.132. The van der Waals surface area contributed by atoms with E-state index in [9.17, 15) is 4.79 Å². The van der Waals surface area contributed by atoms with Crippen molar-refractivity contribution >= 4 is 17.3 Å². The van der Waals surface area contributed by atoms with Gasteiger partial charge in [0.25, 0.3) is 0 Å². The van der Waals surface area contributed by atoms with Gasteiger partial charge >= 0.3 is 5.97 Å². The number of nitrogens with zero attached hydrogens (tertiary/aromatic N) is 2. The van der Waals surface area contributed by atoms with Crippen LogP contribution in [0.2, 0.25) is 0 Å². The van der Waals surface area contributed by atoms with Gasteiger partial charge in [-0.05, 0) is 49.7 Å². The van der Waals surface area contributed by atoms with Crippen molar-refractivity contribution in [2.24, 2.45) is 5.11 Å². The molecule has 0 aromatic heterocycles. The predicted molar refractivity (Wildman–Crippen MR) is 96.7 cm³/mol. The molecule has 2 rings (SSSR count). The monoisotopic (exact) mass is 341 g/mol. The van der Waals surface area contributed by atoms with E-state index >= 15 is 0 Å². The number of para-hydroxylation sites is 1. The number of anilines is 1. The highest BCUT2D eigenvalue weighted by Crippen LogP contribution is 2.25. The molecule has 0 aliphatic rings. The van der Waals surface area contributed by atoms with Gasteiger partial charge in [-0.15, -0.1) is 0 Å². The molecule has 1 unspecified atom stereocenters. The molecule has 0 fully saturated rings. The van der Waals surface area contributed by atoms with Crippen molar-refractivity contribution in [2.75, 3.05) is 25.1 Å². The molecule has 25 heavy (non-hydrogen) atoms. The first-order valence-corrected chi connectivity index (χ1v) is 8.05. The van der Waals surface area contributed by atoms with E-state index in [4.69, 9.17) is 15.0 Å². The zero-order chi connectivity index (χ0) is 18.2. The van der Waals surface area contributed by atoms with Crippen LogP contribution in [0, 0.1) is 12.5 Å². The average Bonchev–Trinajstić information content (AvgIpc) is 2.61. The maximum absolute atomic E-state index is 11.8. The number of carbonyl (C=O) groups is 1. The van der Waals surface area contributed by atoms with Gasteiger partial charge in [-0.25, -0.2) is 5.53 Å². The third-order valence-electron chi connectivity index (χ3n) is 3.77. The van der Waals surface area contributed by atoms with E-state index in [1.54, 1.807) is 6.07 Å². The van der Waals surface area contributed by atoms with E-state index in [0.29, 0.717) is 12.2 Å². The summed E-state index contributed by atoms with van der Waals surface area (Å²) in [6.45, 7) is 4.48. The molecule has 2 aromatic carbocycles. The second-order valence-electron chi connectivity index (χ2n) is 5.78. The lowest BCUT2D eigenvalue weighted by Crippen LogP contribution is -2.38. The quantitative estimate of drug-likeness (QED) is 0.579. The topological polar surface area (TPSA) is 75.0 Å². The maximum Gasteiger partial charge on any atom is 0.325 e. The number of carbonyl (C=O) groups excluding carboxylic acids is 1. The normalized spacial score (nSPS) is 11.5. The van der Waals surface area contributed by atoms with E-state index in [1.165, 1.54) is 7.11 Å².